The highest BCUT2D eigenvalue weighted by Gasteiger charge is 2.07. The van der Waals surface area contributed by atoms with Gasteiger partial charge >= 0.3 is 0 Å². The molecule has 2 aromatic rings. The molecule has 0 spiro atoms. The third-order valence-electron chi connectivity index (χ3n) is 3.48. The Morgan fingerprint density at radius 2 is 1.73 bits per heavy atom. The number of hydrogen-bond acceptors (Lipinski definition) is 2. The number of nitrogens with one attached hydrogen (secondary N) is 2. The number of para-hydroxylation sites is 1. The highest BCUT2D eigenvalue weighted by molar-refractivity contribution is 9.10. The second-order valence-electron chi connectivity index (χ2n) is 5.48. The maximum atomic E-state index is 12.0. The minimum absolute atomic E-state index is 0.00168. The zero-order chi connectivity index (χ0) is 16.1. The Kier molecular flexibility index (Phi) is 5.61. The summed E-state index contributed by atoms with van der Waals surface area (Å²) < 4.78 is 0.890. The van der Waals surface area contributed by atoms with E-state index < -0.39 is 0 Å². The largest absolute Gasteiger partial charge is 0.384 e. The van der Waals surface area contributed by atoms with Gasteiger partial charge in [-0.1, -0.05) is 29.8 Å². The molecule has 2 rings (SSSR count). The molecule has 2 N–H and O–H groups in total. The Bertz CT molecular complexity index is 660. The van der Waals surface area contributed by atoms with Gasteiger partial charge in [0.05, 0.1) is 5.69 Å². The fraction of sp³-hybridized carbons (Fsp3) is 0.278. The van der Waals surface area contributed by atoms with Crippen molar-refractivity contribution in [3.8, 4) is 0 Å². The van der Waals surface area contributed by atoms with E-state index in [9.17, 15) is 4.79 Å². The van der Waals surface area contributed by atoms with Crippen molar-refractivity contribution in [1.29, 1.82) is 0 Å². The van der Waals surface area contributed by atoms with Crippen molar-refractivity contribution in [2.24, 2.45) is 0 Å². The van der Waals surface area contributed by atoms with Crippen molar-refractivity contribution in [3.63, 3.8) is 0 Å². The van der Waals surface area contributed by atoms with E-state index in [0.717, 1.165) is 15.8 Å². The first kappa shape index (κ1) is 16.6. The lowest BCUT2D eigenvalue weighted by atomic mass is 10.1. The average molecular weight is 361 g/mol. The Balaban J connectivity index is 1.89. The van der Waals surface area contributed by atoms with E-state index in [1.54, 1.807) is 0 Å². The van der Waals surface area contributed by atoms with Crippen molar-refractivity contribution in [3.05, 3.63) is 57.6 Å². The quantitative estimate of drug-likeness (QED) is 0.802. The molecule has 0 atom stereocenters. The minimum Gasteiger partial charge on any atom is -0.384 e. The summed E-state index contributed by atoms with van der Waals surface area (Å²) >= 11 is 3.43. The maximum Gasteiger partial charge on any atom is 0.226 e. The standard InChI is InChI=1S/C18H21BrN2O/c1-12-10-13(2)18(14(3)11-12)20-9-8-17(22)21-16-7-5-4-6-15(16)19/h4-7,10-11,20H,8-9H2,1-3H3,(H,21,22). The van der Waals surface area contributed by atoms with E-state index in [1.807, 2.05) is 24.3 Å². The van der Waals surface area contributed by atoms with Gasteiger partial charge in [-0.15, -0.1) is 0 Å². The van der Waals surface area contributed by atoms with Crippen LogP contribution < -0.4 is 10.6 Å². The van der Waals surface area contributed by atoms with E-state index in [-0.39, 0.29) is 5.91 Å². The van der Waals surface area contributed by atoms with Crippen LogP contribution in [0.1, 0.15) is 23.1 Å². The van der Waals surface area contributed by atoms with E-state index in [1.165, 1.54) is 16.7 Å². The maximum absolute atomic E-state index is 12.0. The van der Waals surface area contributed by atoms with Gasteiger partial charge in [-0.3, -0.25) is 4.79 Å². The molecule has 0 aliphatic heterocycles. The van der Waals surface area contributed by atoms with Crippen LogP contribution in [-0.2, 0) is 4.79 Å². The molecule has 0 heterocycles. The molecule has 0 aromatic heterocycles. The van der Waals surface area contributed by atoms with Gasteiger partial charge in [0.15, 0.2) is 0 Å². The second kappa shape index (κ2) is 7.45. The molecule has 0 bridgehead atoms. The number of benzene rings is 2. The van der Waals surface area contributed by atoms with Crippen molar-refractivity contribution in [2.75, 3.05) is 17.2 Å². The highest BCUT2D eigenvalue weighted by atomic mass is 79.9. The van der Waals surface area contributed by atoms with Crippen LogP contribution in [0.15, 0.2) is 40.9 Å². The van der Waals surface area contributed by atoms with Crippen LogP contribution in [0, 0.1) is 20.8 Å². The number of rotatable bonds is 5. The summed E-state index contributed by atoms with van der Waals surface area (Å²) in [6.07, 6.45) is 0.425. The Hall–Kier alpha value is -1.81. The molecule has 0 radical (unpaired) electrons. The van der Waals surface area contributed by atoms with Crippen LogP contribution in [0.25, 0.3) is 0 Å². The van der Waals surface area contributed by atoms with Gasteiger partial charge in [-0.05, 0) is 60.0 Å². The predicted octanol–water partition coefficient (Wildman–Crippen LogP) is 4.82. The van der Waals surface area contributed by atoms with E-state index in [2.05, 4.69) is 59.5 Å². The van der Waals surface area contributed by atoms with Crippen LogP contribution in [0.3, 0.4) is 0 Å². The topological polar surface area (TPSA) is 41.1 Å². The molecule has 0 saturated heterocycles. The van der Waals surface area contributed by atoms with Crippen LogP contribution in [0.4, 0.5) is 11.4 Å². The zero-order valence-corrected chi connectivity index (χ0v) is 14.8. The van der Waals surface area contributed by atoms with Crippen molar-refractivity contribution >= 4 is 33.2 Å². The van der Waals surface area contributed by atoms with E-state index in [4.69, 9.17) is 0 Å². The normalized spacial score (nSPS) is 10.4. The summed E-state index contributed by atoms with van der Waals surface area (Å²) in [5.41, 5.74) is 5.61. The fourth-order valence-electron chi connectivity index (χ4n) is 2.54. The second-order valence-corrected chi connectivity index (χ2v) is 6.33. The van der Waals surface area contributed by atoms with E-state index in [0.29, 0.717) is 13.0 Å². The molecule has 0 fully saturated rings. The molecule has 2 aromatic carbocycles. The lowest BCUT2D eigenvalue weighted by Gasteiger charge is -2.14. The molecular formula is C18H21BrN2O. The molecule has 3 nitrogen and oxygen atoms in total. The minimum atomic E-state index is 0.00168. The summed E-state index contributed by atoms with van der Waals surface area (Å²) in [6.45, 7) is 6.88. The van der Waals surface area contributed by atoms with Crippen LogP contribution in [-0.4, -0.2) is 12.5 Å². The molecule has 0 aliphatic rings. The number of halogens is 1. The first-order chi connectivity index (χ1) is 10.5. The number of aryl methyl sites for hydroxylation is 3. The molecule has 0 unspecified atom stereocenters. The monoisotopic (exact) mass is 360 g/mol. The van der Waals surface area contributed by atoms with Crippen molar-refractivity contribution in [1.82, 2.24) is 0 Å². The summed E-state index contributed by atoms with van der Waals surface area (Å²) in [6, 6.07) is 11.9. The Morgan fingerprint density at radius 3 is 2.36 bits per heavy atom. The highest BCUT2D eigenvalue weighted by Crippen LogP contribution is 2.23. The lowest BCUT2D eigenvalue weighted by Crippen LogP contribution is -2.17. The van der Waals surface area contributed by atoms with Crippen LogP contribution in [0.5, 0.6) is 0 Å². The lowest BCUT2D eigenvalue weighted by molar-refractivity contribution is -0.115. The Labute approximate surface area is 140 Å². The number of carbonyl (C=O) groups is 1. The van der Waals surface area contributed by atoms with Crippen LogP contribution in [0.2, 0.25) is 0 Å². The van der Waals surface area contributed by atoms with Gasteiger partial charge in [0, 0.05) is 23.1 Å². The first-order valence-electron chi connectivity index (χ1n) is 7.33. The molecule has 116 valence electrons. The molecular weight excluding hydrogens is 340 g/mol. The number of anilines is 2. The van der Waals surface area contributed by atoms with Crippen LogP contribution >= 0.6 is 15.9 Å². The molecule has 0 saturated carbocycles. The van der Waals surface area contributed by atoms with Gasteiger partial charge in [-0.25, -0.2) is 0 Å². The molecule has 1 amide bonds. The smallest absolute Gasteiger partial charge is 0.226 e. The zero-order valence-electron chi connectivity index (χ0n) is 13.2. The third-order valence-corrected chi connectivity index (χ3v) is 4.17. The predicted molar refractivity (Wildman–Crippen MR) is 96.5 cm³/mol. The van der Waals surface area contributed by atoms with Crippen molar-refractivity contribution in [2.45, 2.75) is 27.2 Å². The van der Waals surface area contributed by atoms with Gasteiger partial charge in [0.2, 0.25) is 5.91 Å². The molecule has 22 heavy (non-hydrogen) atoms. The fourth-order valence-corrected chi connectivity index (χ4v) is 2.92. The summed E-state index contributed by atoms with van der Waals surface area (Å²) in [4.78, 5) is 12.0. The summed E-state index contributed by atoms with van der Waals surface area (Å²) in [5, 5.41) is 6.28. The number of amides is 1. The summed E-state index contributed by atoms with van der Waals surface area (Å²) in [7, 11) is 0. The Morgan fingerprint density at radius 1 is 1.09 bits per heavy atom. The number of carbonyl (C=O) groups excluding carboxylic acids is 1. The molecule has 0 aliphatic carbocycles. The van der Waals surface area contributed by atoms with Gasteiger partial charge in [0.25, 0.3) is 0 Å². The van der Waals surface area contributed by atoms with Gasteiger partial charge in [-0.2, -0.15) is 0 Å². The SMILES string of the molecule is Cc1cc(C)c(NCCC(=O)Nc2ccccc2Br)c(C)c1. The summed E-state index contributed by atoms with van der Waals surface area (Å²) in [5.74, 6) is 0.00168. The van der Waals surface area contributed by atoms with Gasteiger partial charge < -0.3 is 10.6 Å². The van der Waals surface area contributed by atoms with Gasteiger partial charge in [0.1, 0.15) is 0 Å². The third kappa shape index (κ3) is 4.34. The van der Waals surface area contributed by atoms with Crippen molar-refractivity contribution < 1.29 is 4.79 Å². The first-order valence-corrected chi connectivity index (χ1v) is 8.13. The molecule has 4 heteroatoms. The number of hydrogen-bond donors (Lipinski definition) is 2. The van der Waals surface area contributed by atoms with E-state index >= 15 is 0 Å². The average Bonchev–Trinajstić information content (AvgIpc) is 2.44.